The molecule has 5 heteroatoms. The molecule has 0 radical (unpaired) electrons. The first-order valence-electron chi connectivity index (χ1n) is 7.38. The van der Waals surface area contributed by atoms with E-state index in [0.717, 1.165) is 27.8 Å². The van der Waals surface area contributed by atoms with Crippen LogP contribution in [0.1, 0.15) is 30.0 Å². The van der Waals surface area contributed by atoms with Gasteiger partial charge in [0.25, 0.3) is 0 Å². The Morgan fingerprint density at radius 1 is 1.27 bits per heavy atom. The Morgan fingerprint density at radius 2 is 2.05 bits per heavy atom. The van der Waals surface area contributed by atoms with Crippen LogP contribution in [0.4, 0.5) is 0 Å². The van der Waals surface area contributed by atoms with Crippen LogP contribution in [-0.2, 0) is 7.05 Å². The minimum absolute atomic E-state index is 0.0249. The summed E-state index contributed by atoms with van der Waals surface area (Å²) >= 11 is 3.35. The molecule has 1 aliphatic carbocycles. The van der Waals surface area contributed by atoms with E-state index in [9.17, 15) is 4.79 Å². The lowest BCUT2D eigenvalue weighted by atomic mass is 10.1. The number of imidazole rings is 1. The van der Waals surface area contributed by atoms with Crippen LogP contribution in [0.5, 0.6) is 0 Å². The molecule has 0 aliphatic heterocycles. The van der Waals surface area contributed by atoms with Gasteiger partial charge in [-0.05, 0) is 53.4 Å². The molecular formula is C17H16BrN3O. The number of pyridine rings is 1. The Kier molecular flexibility index (Phi) is 3.01. The molecule has 1 aliphatic rings. The van der Waals surface area contributed by atoms with Crippen molar-refractivity contribution in [2.45, 2.75) is 25.7 Å². The van der Waals surface area contributed by atoms with Crippen LogP contribution in [0.2, 0.25) is 0 Å². The van der Waals surface area contributed by atoms with Gasteiger partial charge in [0.05, 0.1) is 27.7 Å². The smallest absolute Gasteiger partial charge is 0.203 e. The number of aromatic nitrogens is 3. The van der Waals surface area contributed by atoms with E-state index in [4.69, 9.17) is 0 Å². The summed E-state index contributed by atoms with van der Waals surface area (Å²) in [6.07, 6.45) is 8.23. The van der Waals surface area contributed by atoms with Crippen molar-refractivity contribution >= 4 is 26.8 Å². The summed E-state index contributed by atoms with van der Waals surface area (Å²) in [6, 6.07) is 4.03. The Hall–Kier alpha value is -1.88. The molecule has 1 aromatic carbocycles. The predicted octanol–water partition coefficient (Wildman–Crippen LogP) is 3.67. The second-order valence-corrected chi connectivity index (χ2v) is 6.91. The van der Waals surface area contributed by atoms with Gasteiger partial charge in [-0.3, -0.25) is 4.79 Å². The molecule has 4 rings (SSSR count). The van der Waals surface area contributed by atoms with Crippen LogP contribution in [0.3, 0.4) is 0 Å². The highest BCUT2D eigenvalue weighted by molar-refractivity contribution is 9.10. The van der Waals surface area contributed by atoms with Crippen LogP contribution < -0.4 is 5.43 Å². The average Bonchev–Trinajstić information content (AvgIpc) is 3.23. The summed E-state index contributed by atoms with van der Waals surface area (Å²) in [4.78, 5) is 16.9. The van der Waals surface area contributed by atoms with Gasteiger partial charge >= 0.3 is 0 Å². The Morgan fingerprint density at radius 3 is 2.77 bits per heavy atom. The maximum Gasteiger partial charge on any atom is 0.203 e. The molecular weight excluding hydrogens is 342 g/mol. The zero-order valence-corrected chi connectivity index (χ0v) is 14.1. The number of hydrogen-bond donors (Lipinski definition) is 0. The van der Waals surface area contributed by atoms with Crippen LogP contribution in [-0.4, -0.2) is 14.1 Å². The highest BCUT2D eigenvalue weighted by atomic mass is 79.9. The van der Waals surface area contributed by atoms with Crippen LogP contribution in [0.25, 0.3) is 16.6 Å². The number of fused-ring (bicyclic) bond motifs is 1. The van der Waals surface area contributed by atoms with Gasteiger partial charge in [0.1, 0.15) is 0 Å². The van der Waals surface area contributed by atoms with Crippen LogP contribution in [0, 0.1) is 6.92 Å². The third-order valence-corrected chi connectivity index (χ3v) is 4.90. The maximum atomic E-state index is 12.4. The maximum absolute atomic E-state index is 12.4. The van der Waals surface area contributed by atoms with Crippen molar-refractivity contribution in [1.82, 2.24) is 14.1 Å². The first kappa shape index (κ1) is 13.8. The van der Waals surface area contributed by atoms with E-state index in [2.05, 4.69) is 40.1 Å². The van der Waals surface area contributed by atoms with Gasteiger partial charge in [-0.1, -0.05) is 0 Å². The second kappa shape index (κ2) is 4.81. The highest BCUT2D eigenvalue weighted by Crippen LogP contribution is 2.39. The normalized spacial score (nSPS) is 14.7. The molecule has 112 valence electrons. The summed E-state index contributed by atoms with van der Waals surface area (Å²) in [7, 11) is 1.95. The molecule has 0 N–H and O–H groups in total. The molecule has 1 fully saturated rings. The van der Waals surface area contributed by atoms with Crippen molar-refractivity contribution in [1.29, 1.82) is 0 Å². The molecule has 1 saturated carbocycles. The standard InChI is InChI=1S/C17H16BrN3O/c1-10-5-16-12(17(22)13(18)7-20(16)2)6-15(10)21-8-14(19-9-21)11-3-4-11/h5-9,11H,3-4H2,1-2H3. The zero-order valence-electron chi connectivity index (χ0n) is 12.5. The lowest BCUT2D eigenvalue weighted by molar-refractivity contribution is 0.941. The van der Waals surface area contributed by atoms with E-state index in [1.54, 1.807) is 0 Å². The van der Waals surface area contributed by atoms with Crippen molar-refractivity contribution in [3.63, 3.8) is 0 Å². The number of hydrogen-bond acceptors (Lipinski definition) is 2. The molecule has 0 amide bonds. The Bertz CT molecular complexity index is 950. The minimum Gasteiger partial charge on any atom is -0.349 e. The Balaban J connectivity index is 1.95. The van der Waals surface area contributed by atoms with E-state index in [1.165, 1.54) is 12.8 Å². The molecule has 0 bridgehead atoms. The quantitative estimate of drug-likeness (QED) is 0.701. The van der Waals surface area contributed by atoms with Crippen molar-refractivity contribution in [2.75, 3.05) is 0 Å². The first-order chi connectivity index (χ1) is 10.5. The van der Waals surface area contributed by atoms with Crippen molar-refractivity contribution in [2.24, 2.45) is 7.05 Å². The molecule has 3 aromatic rings. The SMILES string of the molecule is Cc1cc2c(cc1-n1cnc(C3CC3)c1)c(=O)c(Br)cn2C. The molecule has 2 heterocycles. The molecule has 4 nitrogen and oxygen atoms in total. The lowest BCUT2D eigenvalue weighted by Crippen LogP contribution is -2.09. The first-order valence-corrected chi connectivity index (χ1v) is 8.17. The molecule has 2 aromatic heterocycles. The van der Waals surface area contributed by atoms with Crippen LogP contribution in [0.15, 0.2) is 40.1 Å². The van der Waals surface area contributed by atoms with Gasteiger partial charge in [-0.25, -0.2) is 4.98 Å². The monoisotopic (exact) mass is 357 g/mol. The summed E-state index contributed by atoms with van der Waals surface area (Å²) in [5, 5.41) is 0.721. The average molecular weight is 358 g/mol. The van der Waals surface area contributed by atoms with Gasteiger partial charge in [-0.2, -0.15) is 0 Å². The number of benzene rings is 1. The van der Waals surface area contributed by atoms with Crippen molar-refractivity contribution in [3.05, 3.63) is 56.8 Å². The lowest BCUT2D eigenvalue weighted by Gasteiger charge is -2.12. The van der Waals surface area contributed by atoms with Crippen LogP contribution >= 0.6 is 15.9 Å². The Labute approximate surface area is 136 Å². The molecule has 0 unspecified atom stereocenters. The highest BCUT2D eigenvalue weighted by Gasteiger charge is 2.26. The van der Waals surface area contributed by atoms with Gasteiger partial charge in [0.2, 0.25) is 5.43 Å². The van der Waals surface area contributed by atoms with Gasteiger partial charge in [0.15, 0.2) is 0 Å². The zero-order chi connectivity index (χ0) is 15.4. The molecule has 22 heavy (non-hydrogen) atoms. The molecule has 0 atom stereocenters. The number of rotatable bonds is 2. The number of halogens is 1. The van der Waals surface area contributed by atoms with Crippen molar-refractivity contribution < 1.29 is 0 Å². The summed E-state index contributed by atoms with van der Waals surface area (Å²) in [5.41, 5.74) is 4.27. The number of nitrogens with zero attached hydrogens (tertiary/aromatic N) is 3. The van der Waals surface area contributed by atoms with E-state index >= 15 is 0 Å². The molecule has 0 saturated heterocycles. The summed E-state index contributed by atoms with van der Waals surface area (Å²) in [5.74, 6) is 0.629. The van der Waals surface area contributed by atoms with Gasteiger partial charge in [0, 0.05) is 30.7 Å². The van der Waals surface area contributed by atoms with E-state index < -0.39 is 0 Å². The van der Waals surface area contributed by atoms with E-state index in [-0.39, 0.29) is 5.43 Å². The summed E-state index contributed by atoms with van der Waals surface area (Å²) < 4.78 is 4.59. The van der Waals surface area contributed by atoms with Crippen molar-refractivity contribution in [3.8, 4) is 5.69 Å². The molecule has 0 spiro atoms. The topological polar surface area (TPSA) is 39.8 Å². The largest absolute Gasteiger partial charge is 0.349 e. The fraction of sp³-hybridized carbons (Fsp3) is 0.294. The third-order valence-electron chi connectivity index (χ3n) is 4.34. The predicted molar refractivity (Wildman–Crippen MR) is 90.7 cm³/mol. The van der Waals surface area contributed by atoms with Gasteiger partial charge < -0.3 is 9.13 Å². The third kappa shape index (κ3) is 2.11. The van der Waals surface area contributed by atoms with Gasteiger partial charge in [-0.15, -0.1) is 0 Å². The second-order valence-electron chi connectivity index (χ2n) is 6.05. The van der Waals surface area contributed by atoms with E-state index in [0.29, 0.717) is 10.4 Å². The fourth-order valence-electron chi connectivity index (χ4n) is 2.92. The van der Waals surface area contributed by atoms with E-state index in [1.807, 2.05) is 34.8 Å². The fourth-order valence-corrected chi connectivity index (χ4v) is 3.44. The summed E-state index contributed by atoms with van der Waals surface area (Å²) in [6.45, 7) is 2.07. The minimum atomic E-state index is 0.0249. The number of aryl methyl sites for hydroxylation is 2.